The molecule has 0 saturated carbocycles. The Morgan fingerprint density at radius 2 is 1.90 bits per heavy atom. The maximum atomic E-state index is 13.5. The van der Waals surface area contributed by atoms with Gasteiger partial charge in [-0.05, 0) is 43.1 Å². The molecule has 2 nitrogen and oxygen atoms in total. The average Bonchev–Trinajstić information content (AvgIpc) is 2.93. The number of ether oxygens (including phenoxy) is 1. The Labute approximate surface area is 125 Å². The van der Waals surface area contributed by atoms with Crippen molar-refractivity contribution in [2.45, 2.75) is 18.9 Å². The summed E-state index contributed by atoms with van der Waals surface area (Å²) >= 11 is 0. The summed E-state index contributed by atoms with van der Waals surface area (Å²) in [7, 11) is 2.11. The predicted molar refractivity (Wildman–Crippen MR) is 82.0 cm³/mol. The standard InChI is InChI=1S/C18H20FNO/c1-20(12-13-21-18-9-5-4-8-16(18)19)17-11-10-14-6-2-3-7-15(14)17/h2-9,17H,10-13H2,1H3. The zero-order chi connectivity index (χ0) is 14.7. The van der Waals surface area contributed by atoms with Gasteiger partial charge in [0.1, 0.15) is 6.61 Å². The first kappa shape index (κ1) is 14.1. The van der Waals surface area contributed by atoms with Crippen LogP contribution in [0.2, 0.25) is 0 Å². The minimum Gasteiger partial charge on any atom is -0.489 e. The maximum absolute atomic E-state index is 13.5. The second-order valence-corrected chi connectivity index (χ2v) is 5.51. The number of rotatable bonds is 5. The number of benzene rings is 2. The molecule has 1 atom stereocenters. The van der Waals surface area contributed by atoms with Gasteiger partial charge in [0.05, 0.1) is 0 Å². The van der Waals surface area contributed by atoms with E-state index in [2.05, 4.69) is 36.2 Å². The molecule has 0 bridgehead atoms. The van der Waals surface area contributed by atoms with Crippen molar-refractivity contribution in [2.75, 3.05) is 20.2 Å². The van der Waals surface area contributed by atoms with Crippen LogP contribution in [0, 0.1) is 5.82 Å². The molecule has 0 aliphatic heterocycles. The van der Waals surface area contributed by atoms with Gasteiger partial charge in [-0.15, -0.1) is 0 Å². The fraction of sp³-hybridized carbons (Fsp3) is 0.333. The molecule has 0 aromatic heterocycles. The van der Waals surface area contributed by atoms with Crippen molar-refractivity contribution in [1.29, 1.82) is 0 Å². The molecule has 21 heavy (non-hydrogen) atoms. The van der Waals surface area contributed by atoms with Crippen LogP contribution in [0.3, 0.4) is 0 Å². The summed E-state index contributed by atoms with van der Waals surface area (Å²) in [6, 6.07) is 15.6. The van der Waals surface area contributed by atoms with Crippen LogP contribution in [-0.2, 0) is 6.42 Å². The molecular weight excluding hydrogens is 265 g/mol. The van der Waals surface area contributed by atoms with Crippen LogP contribution >= 0.6 is 0 Å². The van der Waals surface area contributed by atoms with Gasteiger partial charge in [-0.1, -0.05) is 36.4 Å². The van der Waals surface area contributed by atoms with Gasteiger partial charge in [0, 0.05) is 12.6 Å². The highest BCUT2D eigenvalue weighted by molar-refractivity contribution is 5.34. The van der Waals surface area contributed by atoms with Gasteiger partial charge in [0.25, 0.3) is 0 Å². The quantitative estimate of drug-likeness (QED) is 0.828. The molecule has 1 aliphatic carbocycles. The zero-order valence-electron chi connectivity index (χ0n) is 12.3. The molecule has 1 aliphatic rings. The summed E-state index contributed by atoms with van der Waals surface area (Å²) in [5.41, 5.74) is 2.87. The Morgan fingerprint density at radius 3 is 2.76 bits per heavy atom. The Bertz CT molecular complexity index is 614. The Kier molecular flexibility index (Phi) is 4.20. The number of fused-ring (bicyclic) bond motifs is 1. The molecule has 0 radical (unpaired) electrons. The van der Waals surface area contributed by atoms with Gasteiger partial charge in [-0.25, -0.2) is 4.39 Å². The summed E-state index contributed by atoms with van der Waals surface area (Å²) in [6.45, 7) is 1.28. The monoisotopic (exact) mass is 285 g/mol. The third-order valence-corrected chi connectivity index (χ3v) is 4.17. The van der Waals surface area contributed by atoms with Crippen molar-refractivity contribution in [2.24, 2.45) is 0 Å². The molecule has 0 N–H and O–H groups in total. The second-order valence-electron chi connectivity index (χ2n) is 5.51. The van der Waals surface area contributed by atoms with Crippen LogP contribution in [0.15, 0.2) is 48.5 Å². The maximum Gasteiger partial charge on any atom is 0.165 e. The SMILES string of the molecule is CN(CCOc1ccccc1F)C1CCc2ccccc21. The molecule has 3 rings (SSSR count). The van der Waals surface area contributed by atoms with Crippen molar-refractivity contribution in [3.05, 3.63) is 65.5 Å². The fourth-order valence-corrected chi connectivity index (χ4v) is 3.01. The van der Waals surface area contributed by atoms with Crippen molar-refractivity contribution in [3.63, 3.8) is 0 Å². The number of aryl methyl sites for hydroxylation is 1. The summed E-state index contributed by atoms with van der Waals surface area (Å²) < 4.78 is 19.0. The lowest BCUT2D eigenvalue weighted by molar-refractivity contribution is 0.188. The third kappa shape index (κ3) is 3.08. The van der Waals surface area contributed by atoms with Crippen LogP contribution in [0.1, 0.15) is 23.6 Å². The van der Waals surface area contributed by atoms with Crippen LogP contribution in [0.5, 0.6) is 5.75 Å². The van der Waals surface area contributed by atoms with Gasteiger partial charge in [-0.3, -0.25) is 4.90 Å². The highest BCUT2D eigenvalue weighted by Crippen LogP contribution is 2.34. The van der Waals surface area contributed by atoms with Crippen molar-refractivity contribution >= 4 is 0 Å². The van der Waals surface area contributed by atoms with E-state index in [1.165, 1.54) is 17.2 Å². The van der Waals surface area contributed by atoms with E-state index in [0.717, 1.165) is 19.4 Å². The van der Waals surface area contributed by atoms with Gasteiger partial charge in [0.2, 0.25) is 0 Å². The molecule has 0 amide bonds. The van der Waals surface area contributed by atoms with Crippen LogP contribution in [0.25, 0.3) is 0 Å². The topological polar surface area (TPSA) is 12.5 Å². The summed E-state index contributed by atoms with van der Waals surface area (Å²) in [5, 5.41) is 0. The zero-order valence-corrected chi connectivity index (χ0v) is 12.3. The number of likely N-dealkylation sites (N-methyl/N-ethyl adjacent to an activating group) is 1. The number of hydrogen-bond donors (Lipinski definition) is 0. The van der Waals surface area contributed by atoms with E-state index in [9.17, 15) is 4.39 Å². The summed E-state index contributed by atoms with van der Waals surface area (Å²) in [5.74, 6) is 0.0316. The largest absolute Gasteiger partial charge is 0.489 e. The van der Waals surface area contributed by atoms with Gasteiger partial charge < -0.3 is 4.74 Å². The van der Waals surface area contributed by atoms with Gasteiger partial charge in [-0.2, -0.15) is 0 Å². The van der Waals surface area contributed by atoms with Gasteiger partial charge in [0.15, 0.2) is 11.6 Å². The summed E-state index contributed by atoms with van der Waals surface area (Å²) in [6.07, 6.45) is 2.29. The fourth-order valence-electron chi connectivity index (χ4n) is 3.01. The highest BCUT2D eigenvalue weighted by atomic mass is 19.1. The van der Waals surface area contributed by atoms with E-state index in [-0.39, 0.29) is 5.82 Å². The normalized spacial score (nSPS) is 17.0. The molecule has 3 heteroatoms. The first-order valence-electron chi connectivity index (χ1n) is 7.41. The molecule has 0 heterocycles. The highest BCUT2D eigenvalue weighted by Gasteiger charge is 2.25. The third-order valence-electron chi connectivity index (χ3n) is 4.17. The molecular formula is C18H20FNO. The Hall–Kier alpha value is -1.87. The predicted octanol–water partition coefficient (Wildman–Crippen LogP) is 3.82. The number of hydrogen-bond acceptors (Lipinski definition) is 2. The van der Waals surface area contributed by atoms with Crippen LogP contribution < -0.4 is 4.74 Å². The molecule has 0 saturated heterocycles. The first-order valence-corrected chi connectivity index (χ1v) is 7.41. The lowest BCUT2D eigenvalue weighted by Gasteiger charge is -2.25. The molecule has 2 aromatic rings. The van der Waals surface area contributed by atoms with E-state index in [0.29, 0.717) is 18.4 Å². The van der Waals surface area contributed by atoms with E-state index in [1.807, 2.05) is 0 Å². The Morgan fingerprint density at radius 1 is 1.14 bits per heavy atom. The van der Waals surface area contributed by atoms with Crippen molar-refractivity contribution in [1.82, 2.24) is 4.90 Å². The summed E-state index contributed by atoms with van der Waals surface area (Å²) in [4.78, 5) is 2.30. The van der Waals surface area contributed by atoms with E-state index in [4.69, 9.17) is 4.74 Å². The van der Waals surface area contributed by atoms with Crippen LogP contribution in [-0.4, -0.2) is 25.1 Å². The number of para-hydroxylation sites is 1. The van der Waals surface area contributed by atoms with E-state index < -0.39 is 0 Å². The van der Waals surface area contributed by atoms with Gasteiger partial charge >= 0.3 is 0 Å². The van der Waals surface area contributed by atoms with Crippen LogP contribution in [0.4, 0.5) is 4.39 Å². The lowest BCUT2D eigenvalue weighted by atomic mass is 10.1. The minimum absolute atomic E-state index is 0.300. The average molecular weight is 285 g/mol. The van der Waals surface area contributed by atoms with Crippen molar-refractivity contribution < 1.29 is 9.13 Å². The number of nitrogens with zero attached hydrogens (tertiary/aromatic N) is 1. The molecule has 0 spiro atoms. The van der Waals surface area contributed by atoms with E-state index in [1.54, 1.807) is 18.2 Å². The minimum atomic E-state index is -0.300. The lowest BCUT2D eigenvalue weighted by Crippen LogP contribution is -2.27. The molecule has 1 unspecified atom stereocenters. The molecule has 2 aromatic carbocycles. The van der Waals surface area contributed by atoms with E-state index >= 15 is 0 Å². The first-order chi connectivity index (χ1) is 10.3. The van der Waals surface area contributed by atoms with Crippen molar-refractivity contribution in [3.8, 4) is 5.75 Å². The molecule has 0 fully saturated rings. The smallest absolute Gasteiger partial charge is 0.165 e. The molecule has 110 valence electrons. The Balaban J connectivity index is 1.56. The second kappa shape index (κ2) is 6.27. The number of halogens is 1.